The van der Waals surface area contributed by atoms with Crippen molar-refractivity contribution < 1.29 is 9.72 Å². The molecule has 3 aromatic rings. The van der Waals surface area contributed by atoms with E-state index in [2.05, 4.69) is 15.3 Å². The summed E-state index contributed by atoms with van der Waals surface area (Å²) in [6.45, 7) is 0.479. The van der Waals surface area contributed by atoms with Gasteiger partial charge in [0.25, 0.3) is 5.69 Å². The van der Waals surface area contributed by atoms with Crippen molar-refractivity contribution in [2.75, 3.05) is 5.75 Å². The van der Waals surface area contributed by atoms with E-state index in [4.69, 9.17) is 0 Å². The Hall–Kier alpha value is -2.87. The monoisotopic (exact) mass is 342 g/mol. The summed E-state index contributed by atoms with van der Waals surface area (Å²) in [5.74, 6) is 0.115. The van der Waals surface area contributed by atoms with E-state index in [0.29, 0.717) is 22.7 Å². The molecule has 1 amide bonds. The maximum Gasteiger partial charge on any atom is 0.271 e. The van der Waals surface area contributed by atoms with Crippen LogP contribution in [0.4, 0.5) is 5.69 Å². The number of non-ortho nitro benzene ring substituents is 1. The first-order valence-electron chi connectivity index (χ1n) is 7.19. The average molecular weight is 342 g/mol. The standard InChI is InChI=1S/C16H14N4O3S/c21-15(17-9-11-4-2-1-3-5-11)10-24-16-18-13-7-6-12(20(22)23)8-14(13)19-16/h1-8H,9-10H2,(H,17,21)(H,18,19). The zero-order chi connectivity index (χ0) is 16.9. The zero-order valence-electron chi connectivity index (χ0n) is 12.6. The van der Waals surface area contributed by atoms with Gasteiger partial charge >= 0.3 is 0 Å². The van der Waals surface area contributed by atoms with Gasteiger partial charge in [-0.2, -0.15) is 0 Å². The maximum absolute atomic E-state index is 11.9. The van der Waals surface area contributed by atoms with Crippen molar-refractivity contribution in [1.29, 1.82) is 0 Å². The Balaban J connectivity index is 1.57. The maximum atomic E-state index is 11.9. The molecule has 0 saturated heterocycles. The third-order valence-electron chi connectivity index (χ3n) is 3.33. The van der Waals surface area contributed by atoms with Crippen molar-refractivity contribution in [3.8, 4) is 0 Å². The summed E-state index contributed by atoms with van der Waals surface area (Å²) in [7, 11) is 0. The normalized spacial score (nSPS) is 10.7. The number of H-pyrrole nitrogens is 1. The van der Waals surface area contributed by atoms with Gasteiger partial charge in [-0.15, -0.1) is 0 Å². The number of carbonyl (C=O) groups excluding carboxylic acids is 1. The minimum Gasteiger partial charge on any atom is -0.351 e. The molecule has 0 atom stereocenters. The molecule has 1 aromatic heterocycles. The highest BCUT2D eigenvalue weighted by Crippen LogP contribution is 2.23. The number of aromatic amines is 1. The molecule has 1 heterocycles. The summed E-state index contributed by atoms with van der Waals surface area (Å²) in [4.78, 5) is 29.5. The van der Waals surface area contributed by atoms with Crippen LogP contribution in [0.1, 0.15) is 5.56 Å². The average Bonchev–Trinajstić information content (AvgIpc) is 3.01. The fourth-order valence-electron chi connectivity index (χ4n) is 2.14. The predicted octanol–water partition coefficient (Wildman–Crippen LogP) is 2.88. The molecule has 122 valence electrons. The number of aromatic nitrogens is 2. The van der Waals surface area contributed by atoms with Crippen LogP contribution in [0.2, 0.25) is 0 Å². The Morgan fingerprint density at radius 1 is 1.25 bits per heavy atom. The predicted molar refractivity (Wildman–Crippen MR) is 91.8 cm³/mol. The largest absolute Gasteiger partial charge is 0.351 e. The number of nitrogens with one attached hydrogen (secondary N) is 2. The first-order valence-corrected chi connectivity index (χ1v) is 8.18. The number of hydrogen-bond acceptors (Lipinski definition) is 5. The second-order valence-electron chi connectivity index (χ2n) is 5.05. The second-order valence-corrected chi connectivity index (χ2v) is 6.02. The summed E-state index contributed by atoms with van der Waals surface area (Å²) >= 11 is 1.26. The highest BCUT2D eigenvalue weighted by Gasteiger charge is 2.11. The van der Waals surface area contributed by atoms with Gasteiger partial charge in [-0.05, 0) is 11.6 Å². The molecule has 0 aliphatic carbocycles. The molecule has 0 bridgehead atoms. The van der Waals surface area contributed by atoms with Crippen LogP contribution in [0.3, 0.4) is 0 Å². The third-order valence-corrected chi connectivity index (χ3v) is 4.20. The van der Waals surface area contributed by atoms with Gasteiger partial charge in [0.1, 0.15) is 0 Å². The number of amides is 1. The van der Waals surface area contributed by atoms with Crippen LogP contribution >= 0.6 is 11.8 Å². The molecule has 0 saturated carbocycles. The SMILES string of the molecule is O=C(CSc1nc2ccc([N+](=O)[O-])cc2[nH]1)NCc1ccccc1. The fraction of sp³-hybridized carbons (Fsp3) is 0.125. The Morgan fingerprint density at radius 3 is 2.79 bits per heavy atom. The molecule has 0 aliphatic rings. The summed E-state index contributed by atoms with van der Waals surface area (Å²) < 4.78 is 0. The van der Waals surface area contributed by atoms with E-state index in [0.717, 1.165) is 5.56 Å². The van der Waals surface area contributed by atoms with Crippen LogP contribution in [0, 0.1) is 10.1 Å². The number of thioether (sulfide) groups is 1. The Bertz CT molecular complexity index is 879. The Labute approximate surface area is 141 Å². The lowest BCUT2D eigenvalue weighted by Crippen LogP contribution is -2.24. The van der Waals surface area contributed by atoms with Gasteiger partial charge in [-0.1, -0.05) is 42.1 Å². The van der Waals surface area contributed by atoms with E-state index in [1.54, 1.807) is 6.07 Å². The van der Waals surface area contributed by atoms with Crippen molar-refractivity contribution in [2.24, 2.45) is 0 Å². The molecular formula is C16H14N4O3S. The fourth-order valence-corrected chi connectivity index (χ4v) is 2.85. The highest BCUT2D eigenvalue weighted by molar-refractivity contribution is 7.99. The lowest BCUT2D eigenvalue weighted by Gasteiger charge is -2.04. The van der Waals surface area contributed by atoms with E-state index < -0.39 is 4.92 Å². The number of imidazole rings is 1. The van der Waals surface area contributed by atoms with E-state index in [9.17, 15) is 14.9 Å². The van der Waals surface area contributed by atoms with Gasteiger partial charge in [-0.3, -0.25) is 14.9 Å². The topological polar surface area (TPSA) is 101 Å². The summed E-state index contributed by atoms with van der Waals surface area (Å²) in [6.07, 6.45) is 0. The van der Waals surface area contributed by atoms with Crippen LogP contribution in [0.5, 0.6) is 0 Å². The van der Waals surface area contributed by atoms with Crippen LogP contribution in [0.15, 0.2) is 53.7 Å². The van der Waals surface area contributed by atoms with Crippen LogP contribution in [0.25, 0.3) is 11.0 Å². The lowest BCUT2D eigenvalue weighted by atomic mass is 10.2. The summed E-state index contributed by atoms with van der Waals surface area (Å²) in [5.41, 5.74) is 2.25. The molecule has 0 aliphatic heterocycles. The van der Waals surface area contributed by atoms with Crippen LogP contribution < -0.4 is 5.32 Å². The molecular weight excluding hydrogens is 328 g/mol. The van der Waals surface area contributed by atoms with Gasteiger partial charge in [0.05, 0.1) is 21.7 Å². The van der Waals surface area contributed by atoms with Crippen molar-refractivity contribution in [2.45, 2.75) is 11.7 Å². The molecule has 7 nitrogen and oxygen atoms in total. The molecule has 3 rings (SSSR count). The van der Waals surface area contributed by atoms with Gasteiger partial charge < -0.3 is 10.3 Å². The summed E-state index contributed by atoms with van der Waals surface area (Å²) in [6, 6.07) is 14.1. The van der Waals surface area contributed by atoms with Crippen LogP contribution in [-0.4, -0.2) is 26.6 Å². The molecule has 0 radical (unpaired) electrons. The Morgan fingerprint density at radius 2 is 2.04 bits per heavy atom. The van der Waals surface area contributed by atoms with Gasteiger partial charge in [0, 0.05) is 18.7 Å². The second kappa shape index (κ2) is 7.14. The molecule has 0 unspecified atom stereocenters. The van der Waals surface area contributed by atoms with Gasteiger partial charge in [-0.25, -0.2) is 4.98 Å². The molecule has 0 fully saturated rings. The van der Waals surface area contributed by atoms with Gasteiger partial charge in [0.15, 0.2) is 5.16 Å². The number of fused-ring (bicyclic) bond motifs is 1. The highest BCUT2D eigenvalue weighted by atomic mass is 32.2. The first-order chi connectivity index (χ1) is 11.6. The zero-order valence-corrected chi connectivity index (χ0v) is 13.4. The third kappa shape index (κ3) is 3.90. The quantitative estimate of drug-likeness (QED) is 0.407. The number of nitro groups is 1. The van der Waals surface area contributed by atoms with E-state index in [-0.39, 0.29) is 17.3 Å². The van der Waals surface area contributed by atoms with Crippen molar-refractivity contribution in [3.05, 3.63) is 64.2 Å². The molecule has 0 spiro atoms. The number of carbonyl (C=O) groups is 1. The smallest absolute Gasteiger partial charge is 0.271 e. The number of nitrogens with zero attached hydrogens (tertiary/aromatic N) is 2. The number of hydrogen-bond donors (Lipinski definition) is 2. The first kappa shape index (κ1) is 16.0. The molecule has 2 N–H and O–H groups in total. The number of rotatable bonds is 6. The van der Waals surface area contributed by atoms with Crippen molar-refractivity contribution in [1.82, 2.24) is 15.3 Å². The molecule has 24 heavy (non-hydrogen) atoms. The van der Waals surface area contributed by atoms with E-state index in [1.807, 2.05) is 30.3 Å². The number of nitro benzene ring substituents is 1. The molecule has 8 heteroatoms. The minimum absolute atomic E-state index is 0.00306. The lowest BCUT2D eigenvalue weighted by molar-refractivity contribution is -0.384. The van der Waals surface area contributed by atoms with Crippen molar-refractivity contribution >= 4 is 34.4 Å². The molecule has 2 aromatic carbocycles. The van der Waals surface area contributed by atoms with Gasteiger partial charge in [0.2, 0.25) is 5.91 Å². The van der Waals surface area contributed by atoms with Crippen LogP contribution in [-0.2, 0) is 11.3 Å². The van der Waals surface area contributed by atoms with Crippen molar-refractivity contribution in [3.63, 3.8) is 0 Å². The minimum atomic E-state index is -0.454. The van der Waals surface area contributed by atoms with E-state index in [1.165, 1.54) is 23.9 Å². The number of benzene rings is 2. The summed E-state index contributed by atoms with van der Waals surface area (Å²) in [5, 5.41) is 14.2. The van der Waals surface area contributed by atoms with E-state index >= 15 is 0 Å². The Kier molecular flexibility index (Phi) is 4.76.